The van der Waals surface area contributed by atoms with E-state index in [2.05, 4.69) is 10.3 Å². The van der Waals surface area contributed by atoms with Crippen LogP contribution in [-0.2, 0) is 4.79 Å². The molecule has 0 aliphatic rings. The Labute approximate surface area is 163 Å². The molecule has 0 aliphatic carbocycles. The van der Waals surface area contributed by atoms with Crippen molar-refractivity contribution in [2.45, 2.75) is 13.8 Å². The van der Waals surface area contributed by atoms with Crippen LogP contribution in [0.5, 0.6) is 0 Å². The van der Waals surface area contributed by atoms with Gasteiger partial charge in [-0.3, -0.25) is 4.79 Å². The molecule has 0 atom stereocenters. The van der Waals surface area contributed by atoms with Crippen molar-refractivity contribution in [2.24, 2.45) is 0 Å². The van der Waals surface area contributed by atoms with E-state index in [9.17, 15) is 4.79 Å². The van der Waals surface area contributed by atoms with E-state index in [0.717, 1.165) is 22.2 Å². The maximum absolute atomic E-state index is 12.2. The average Bonchev–Trinajstić information content (AvgIpc) is 3.11. The molecule has 0 radical (unpaired) electrons. The molecular formula is C24H20N2O2. The topological polar surface area (TPSA) is 55.1 Å². The van der Waals surface area contributed by atoms with Crippen LogP contribution in [0.4, 0.5) is 5.69 Å². The fraction of sp³-hybridized carbons (Fsp3) is 0.0833. The number of fused-ring (bicyclic) bond motifs is 1. The third kappa shape index (κ3) is 3.86. The lowest BCUT2D eigenvalue weighted by Crippen LogP contribution is -2.07. The maximum atomic E-state index is 12.2. The third-order valence-electron chi connectivity index (χ3n) is 4.54. The summed E-state index contributed by atoms with van der Waals surface area (Å²) in [5, 5.41) is 2.86. The molecule has 28 heavy (non-hydrogen) atoms. The van der Waals surface area contributed by atoms with Crippen molar-refractivity contribution < 1.29 is 9.21 Å². The fourth-order valence-corrected chi connectivity index (χ4v) is 2.96. The van der Waals surface area contributed by atoms with Gasteiger partial charge in [0.1, 0.15) is 5.52 Å². The molecule has 1 amide bonds. The summed E-state index contributed by atoms with van der Waals surface area (Å²) < 4.78 is 5.92. The van der Waals surface area contributed by atoms with Gasteiger partial charge in [0, 0.05) is 23.4 Å². The highest BCUT2D eigenvalue weighted by Crippen LogP contribution is 2.28. The molecule has 1 N–H and O–H groups in total. The Hall–Kier alpha value is -3.66. The number of carbonyl (C=O) groups excluding carboxylic acids is 1. The molecule has 1 heterocycles. The average molecular weight is 368 g/mol. The summed E-state index contributed by atoms with van der Waals surface area (Å²) in [5.74, 6) is 0.384. The van der Waals surface area contributed by atoms with Crippen molar-refractivity contribution in [1.29, 1.82) is 0 Å². The van der Waals surface area contributed by atoms with Crippen molar-refractivity contribution >= 4 is 28.8 Å². The Morgan fingerprint density at radius 3 is 2.57 bits per heavy atom. The second-order valence-corrected chi connectivity index (χ2v) is 6.75. The maximum Gasteiger partial charge on any atom is 0.248 e. The molecule has 0 unspecified atom stereocenters. The van der Waals surface area contributed by atoms with E-state index in [-0.39, 0.29) is 5.91 Å². The fourth-order valence-electron chi connectivity index (χ4n) is 2.96. The standard InChI is InChI=1S/C24H20N2O2/c1-16-7-9-18(10-8-16)11-14-23(27)25-19-12-13-21-22(15-19)28-24(26-21)20-6-4-3-5-17(20)2/h3-15H,1-2H3,(H,25,27)/b14-11+. The number of aryl methyl sites for hydroxylation is 2. The van der Waals surface area contributed by atoms with Gasteiger partial charge in [-0.15, -0.1) is 0 Å². The molecule has 0 spiro atoms. The molecule has 4 nitrogen and oxygen atoms in total. The highest BCUT2D eigenvalue weighted by atomic mass is 16.3. The Balaban J connectivity index is 1.52. The summed E-state index contributed by atoms with van der Waals surface area (Å²) in [5.41, 5.74) is 6.29. The molecule has 1 aromatic heterocycles. The molecular weight excluding hydrogens is 348 g/mol. The van der Waals surface area contributed by atoms with Crippen molar-refractivity contribution in [3.63, 3.8) is 0 Å². The van der Waals surface area contributed by atoms with Gasteiger partial charge < -0.3 is 9.73 Å². The van der Waals surface area contributed by atoms with Crippen LogP contribution in [0.3, 0.4) is 0 Å². The number of nitrogens with one attached hydrogen (secondary N) is 1. The van der Waals surface area contributed by atoms with E-state index >= 15 is 0 Å². The first-order chi connectivity index (χ1) is 13.6. The SMILES string of the molecule is Cc1ccc(/C=C/C(=O)Nc2ccc3nc(-c4ccccc4C)oc3c2)cc1. The summed E-state index contributed by atoms with van der Waals surface area (Å²) in [6, 6.07) is 21.4. The minimum atomic E-state index is -0.196. The predicted molar refractivity (Wildman–Crippen MR) is 113 cm³/mol. The first-order valence-electron chi connectivity index (χ1n) is 9.11. The summed E-state index contributed by atoms with van der Waals surface area (Å²) >= 11 is 0. The van der Waals surface area contributed by atoms with Crippen LogP contribution < -0.4 is 5.32 Å². The van der Waals surface area contributed by atoms with Crippen LogP contribution in [0.15, 0.2) is 77.2 Å². The lowest BCUT2D eigenvalue weighted by Gasteiger charge is -2.01. The van der Waals surface area contributed by atoms with Gasteiger partial charge in [-0.05, 0) is 49.2 Å². The van der Waals surface area contributed by atoms with Crippen LogP contribution >= 0.6 is 0 Å². The van der Waals surface area contributed by atoms with Gasteiger partial charge in [-0.2, -0.15) is 0 Å². The first kappa shape index (κ1) is 17.7. The number of aromatic nitrogens is 1. The van der Waals surface area contributed by atoms with E-state index in [1.54, 1.807) is 12.1 Å². The van der Waals surface area contributed by atoms with Crippen molar-refractivity contribution in [3.8, 4) is 11.5 Å². The minimum absolute atomic E-state index is 0.196. The van der Waals surface area contributed by atoms with Gasteiger partial charge in [0.05, 0.1) is 0 Å². The quantitative estimate of drug-likeness (QED) is 0.466. The number of anilines is 1. The molecule has 0 aliphatic heterocycles. The van der Waals surface area contributed by atoms with E-state index in [0.29, 0.717) is 17.2 Å². The van der Waals surface area contributed by atoms with Crippen LogP contribution in [0.25, 0.3) is 28.6 Å². The highest BCUT2D eigenvalue weighted by Gasteiger charge is 2.11. The molecule has 0 bridgehead atoms. The molecule has 0 fully saturated rings. The Kier molecular flexibility index (Phi) is 4.77. The summed E-state index contributed by atoms with van der Waals surface area (Å²) in [6.45, 7) is 4.06. The number of carbonyl (C=O) groups is 1. The number of hydrogen-bond acceptors (Lipinski definition) is 3. The van der Waals surface area contributed by atoms with E-state index < -0.39 is 0 Å². The summed E-state index contributed by atoms with van der Waals surface area (Å²) in [7, 11) is 0. The first-order valence-corrected chi connectivity index (χ1v) is 9.11. The second kappa shape index (κ2) is 7.53. The summed E-state index contributed by atoms with van der Waals surface area (Å²) in [6.07, 6.45) is 3.31. The number of hydrogen-bond donors (Lipinski definition) is 1. The Morgan fingerprint density at radius 2 is 1.79 bits per heavy atom. The molecule has 138 valence electrons. The van der Waals surface area contributed by atoms with Gasteiger partial charge in [0.15, 0.2) is 5.58 Å². The molecule has 0 saturated heterocycles. The van der Waals surface area contributed by atoms with Crippen LogP contribution in [0.1, 0.15) is 16.7 Å². The van der Waals surface area contributed by atoms with Gasteiger partial charge in [0.2, 0.25) is 11.8 Å². The third-order valence-corrected chi connectivity index (χ3v) is 4.54. The van der Waals surface area contributed by atoms with Gasteiger partial charge in [-0.25, -0.2) is 4.98 Å². The zero-order chi connectivity index (χ0) is 19.5. The molecule has 4 rings (SSSR count). The number of rotatable bonds is 4. The Morgan fingerprint density at radius 1 is 1.00 bits per heavy atom. The number of benzene rings is 3. The Bertz CT molecular complexity index is 1170. The van der Waals surface area contributed by atoms with E-state index in [1.807, 2.05) is 74.5 Å². The predicted octanol–water partition coefficient (Wildman–Crippen LogP) is 5.76. The molecule has 4 heteroatoms. The lowest BCUT2D eigenvalue weighted by molar-refractivity contribution is -0.111. The second-order valence-electron chi connectivity index (χ2n) is 6.75. The van der Waals surface area contributed by atoms with E-state index in [4.69, 9.17) is 4.42 Å². The van der Waals surface area contributed by atoms with Gasteiger partial charge in [0.25, 0.3) is 0 Å². The lowest BCUT2D eigenvalue weighted by atomic mass is 10.1. The minimum Gasteiger partial charge on any atom is -0.436 e. The van der Waals surface area contributed by atoms with Crippen molar-refractivity contribution in [3.05, 3.63) is 89.5 Å². The number of amides is 1. The normalized spacial score (nSPS) is 11.2. The largest absolute Gasteiger partial charge is 0.436 e. The highest BCUT2D eigenvalue weighted by molar-refractivity contribution is 6.02. The van der Waals surface area contributed by atoms with Gasteiger partial charge >= 0.3 is 0 Å². The van der Waals surface area contributed by atoms with Crippen molar-refractivity contribution in [1.82, 2.24) is 4.98 Å². The van der Waals surface area contributed by atoms with Gasteiger partial charge in [-0.1, -0.05) is 48.0 Å². The smallest absolute Gasteiger partial charge is 0.248 e. The zero-order valence-electron chi connectivity index (χ0n) is 15.8. The number of nitrogens with zero attached hydrogens (tertiary/aromatic N) is 1. The zero-order valence-corrected chi connectivity index (χ0v) is 15.8. The molecule has 0 saturated carbocycles. The molecule has 4 aromatic rings. The van der Waals surface area contributed by atoms with Crippen LogP contribution in [0.2, 0.25) is 0 Å². The summed E-state index contributed by atoms with van der Waals surface area (Å²) in [4.78, 5) is 16.8. The monoisotopic (exact) mass is 368 g/mol. The number of oxazole rings is 1. The van der Waals surface area contributed by atoms with Crippen LogP contribution in [0, 0.1) is 13.8 Å². The van der Waals surface area contributed by atoms with Crippen molar-refractivity contribution in [2.75, 3.05) is 5.32 Å². The molecule has 3 aromatic carbocycles. The van der Waals surface area contributed by atoms with Crippen LogP contribution in [-0.4, -0.2) is 10.9 Å². The van der Waals surface area contributed by atoms with E-state index in [1.165, 1.54) is 11.6 Å².